The average molecular weight is 571 g/mol. The molecular formula is C30H30N6O4S. The lowest BCUT2D eigenvalue weighted by molar-refractivity contribution is -0.130. The summed E-state index contributed by atoms with van der Waals surface area (Å²) < 4.78 is 28.1. The monoisotopic (exact) mass is 570 g/mol. The molecule has 1 fully saturated rings. The lowest BCUT2D eigenvalue weighted by Crippen LogP contribution is -2.50. The standard InChI is InChI=1S/C30H30N6O4S/c1-21-4-3-5-27(20-21)41(39,40)34-26-12-6-23(7-13-26)28-14-15-31-30(33-28)32-25-10-8-24(9-11-25)29(38)36-18-16-35(17-19-36)22(2)37/h3-15,20,34H,16-19H2,1-2H3,(H,31,32,33). The van der Waals surface area contributed by atoms with Crippen LogP contribution in [0.2, 0.25) is 0 Å². The highest BCUT2D eigenvalue weighted by molar-refractivity contribution is 7.92. The Bertz CT molecular complexity index is 1670. The van der Waals surface area contributed by atoms with Crippen molar-refractivity contribution in [3.05, 3.63) is 96.2 Å². The van der Waals surface area contributed by atoms with Gasteiger partial charge in [-0.3, -0.25) is 14.3 Å². The Labute approximate surface area is 239 Å². The molecule has 2 N–H and O–H groups in total. The third-order valence-electron chi connectivity index (χ3n) is 6.79. The van der Waals surface area contributed by atoms with E-state index in [1.165, 1.54) is 0 Å². The summed E-state index contributed by atoms with van der Waals surface area (Å²) >= 11 is 0. The number of amides is 2. The lowest BCUT2D eigenvalue weighted by Gasteiger charge is -2.34. The summed E-state index contributed by atoms with van der Waals surface area (Å²) in [6.07, 6.45) is 1.64. The Morgan fingerprint density at radius 2 is 1.49 bits per heavy atom. The molecule has 11 heteroatoms. The first-order valence-electron chi connectivity index (χ1n) is 13.1. The minimum absolute atomic E-state index is 0.0252. The van der Waals surface area contributed by atoms with E-state index in [9.17, 15) is 18.0 Å². The molecule has 10 nitrogen and oxygen atoms in total. The molecule has 1 aliphatic heterocycles. The predicted octanol–water partition coefficient (Wildman–Crippen LogP) is 4.30. The summed E-state index contributed by atoms with van der Waals surface area (Å²) in [5.41, 5.74) is 4.05. The first-order chi connectivity index (χ1) is 19.7. The van der Waals surface area contributed by atoms with Gasteiger partial charge in [0, 0.05) is 61.8 Å². The fraction of sp³-hybridized carbons (Fsp3) is 0.200. The number of nitrogens with one attached hydrogen (secondary N) is 2. The Hall–Kier alpha value is -4.77. The molecule has 1 aliphatic rings. The van der Waals surface area contributed by atoms with Crippen molar-refractivity contribution in [1.82, 2.24) is 19.8 Å². The van der Waals surface area contributed by atoms with Gasteiger partial charge in [0.1, 0.15) is 0 Å². The molecule has 0 radical (unpaired) electrons. The summed E-state index contributed by atoms with van der Waals surface area (Å²) in [5, 5.41) is 3.16. The van der Waals surface area contributed by atoms with Gasteiger partial charge >= 0.3 is 0 Å². The second kappa shape index (κ2) is 11.8. The third-order valence-corrected chi connectivity index (χ3v) is 8.17. The van der Waals surface area contributed by atoms with Crippen LogP contribution in [0, 0.1) is 6.92 Å². The van der Waals surface area contributed by atoms with Gasteiger partial charge in [-0.25, -0.2) is 18.4 Å². The number of hydrogen-bond donors (Lipinski definition) is 2. The highest BCUT2D eigenvalue weighted by atomic mass is 32.2. The van der Waals surface area contributed by atoms with Crippen LogP contribution in [-0.4, -0.2) is 66.2 Å². The molecule has 0 aliphatic carbocycles. The maximum absolute atomic E-state index is 12.9. The van der Waals surface area contributed by atoms with E-state index in [1.807, 2.05) is 13.0 Å². The summed E-state index contributed by atoms with van der Waals surface area (Å²) in [6.45, 7) is 5.49. The first kappa shape index (κ1) is 27.8. The Morgan fingerprint density at radius 3 is 2.15 bits per heavy atom. The molecule has 0 unspecified atom stereocenters. The van der Waals surface area contributed by atoms with Gasteiger partial charge in [0.05, 0.1) is 10.6 Å². The normalized spacial score (nSPS) is 13.5. The molecule has 5 rings (SSSR count). The van der Waals surface area contributed by atoms with Crippen molar-refractivity contribution in [3.8, 4) is 11.3 Å². The molecule has 210 valence electrons. The maximum Gasteiger partial charge on any atom is 0.261 e. The van der Waals surface area contributed by atoms with Gasteiger partial charge in [-0.2, -0.15) is 0 Å². The fourth-order valence-electron chi connectivity index (χ4n) is 4.52. The van der Waals surface area contributed by atoms with E-state index in [0.29, 0.717) is 49.1 Å². The van der Waals surface area contributed by atoms with E-state index in [4.69, 9.17) is 0 Å². The number of sulfonamides is 1. The van der Waals surface area contributed by atoms with Crippen LogP contribution in [-0.2, 0) is 14.8 Å². The second-order valence-corrected chi connectivity index (χ2v) is 11.4. The van der Waals surface area contributed by atoms with Gasteiger partial charge in [-0.1, -0.05) is 24.3 Å². The molecule has 1 aromatic heterocycles. The van der Waals surface area contributed by atoms with Crippen molar-refractivity contribution >= 4 is 39.2 Å². The van der Waals surface area contributed by atoms with Crippen molar-refractivity contribution in [2.75, 3.05) is 36.2 Å². The highest BCUT2D eigenvalue weighted by Gasteiger charge is 2.23. The van der Waals surface area contributed by atoms with E-state index in [0.717, 1.165) is 16.8 Å². The molecule has 0 atom stereocenters. The van der Waals surface area contributed by atoms with Crippen LogP contribution in [0.4, 0.5) is 17.3 Å². The van der Waals surface area contributed by atoms with Gasteiger partial charge in [0.25, 0.3) is 15.9 Å². The molecular weight excluding hydrogens is 540 g/mol. The van der Waals surface area contributed by atoms with E-state index in [-0.39, 0.29) is 16.7 Å². The average Bonchev–Trinajstić information content (AvgIpc) is 2.97. The maximum atomic E-state index is 12.9. The SMILES string of the molecule is CC(=O)N1CCN(C(=O)c2ccc(Nc3nccc(-c4ccc(NS(=O)(=O)c5cccc(C)c5)cc4)n3)cc2)CC1. The zero-order valence-corrected chi connectivity index (χ0v) is 23.6. The number of carbonyl (C=O) groups is 2. The summed E-state index contributed by atoms with van der Waals surface area (Å²) in [6, 6.07) is 22.6. The topological polar surface area (TPSA) is 125 Å². The molecule has 0 bridgehead atoms. The number of piperazine rings is 1. The summed E-state index contributed by atoms with van der Waals surface area (Å²) in [4.78, 5) is 37.0. The lowest BCUT2D eigenvalue weighted by atomic mass is 10.1. The highest BCUT2D eigenvalue weighted by Crippen LogP contribution is 2.24. The number of anilines is 3. The minimum atomic E-state index is -3.70. The van der Waals surface area contributed by atoms with Crippen LogP contribution in [0.25, 0.3) is 11.3 Å². The van der Waals surface area contributed by atoms with Crippen LogP contribution < -0.4 is 10.0 Å². The number of rotatable bonds is 7. The second-order valence-electron chi connectivity index (χ2n) is 9.77. The number of aryl methyl sites for hydroxylation is 1. The van der Waals surface area contributed by atoms with Crippen LogP contribution in [0.3, 0.4) is 0 Å². The number of aromatic nitrogens is 2. The molecule has 3 aromatic carbocycles. The van der Waals surface area contributed by atoms with E-state index < -0.39 is 10.0 Å². The molecule has 2 amide bonds. The number of benzene rings is 3. The Kier molecular flexibility index (Phi) is 7.97. The number of hydrogen-bond acceptors (Lipinski definition) is 7. The molecule has 1 saturated heterocycles. The van der Waals surface area contributed by atoms with Crippen molar-refractivity contribution in [2.45, 2.75) is 18.7 Å². The van der Waals surface area contributed by atoms with Crippen LogP contribution in [0.5, 0.6) is 0 Å². The minimum Gasteiger partial charge on any atom is -0.339 e. The molecule has 41 heavy (non-hydrogen) atoms. The summed E-state index contributed by atoms with van der Waals surface area (Å²) in [5.74, 6) is 0.339. The Morgan fingerprint density at radius 1 is 0.829 bits per heavy atom. The van der Waals surface area contributed by atoms with Gasteiger partial charge in [-0.05, 0) is 67.1 Å². The van der Waals surface area contributed by atoms with Crippen molar-refractivity contribution in [3.63, 3.8) is 0 Å². The molecule has 2 heterocycles. The summed E-state index contributed by atoms with van der Waals surface area (Å²) in [7, 11) is -3.70. The zero-order valence-electron chi connectivity index (χ0n) is 22.7. The van der Waals surface area contributed by atoms with E-state index in [2.05, 4.69) is 20.0 Å². The molecule has 0 spiro atoms. The van der Waals surface area contributed by atoms with Crippen LogP contribution in [0.15, 0.2) is 90.0 Å². The molecule has 4 aromatic rings. The quantitative estimate of drug-likeness (QED) is 0.339. The van der Waals surface area contributed by atoms with E-state index in [1.54, 1.807) is 95.7 Å². The van der Waals surface area contributed by atoms with Gasteiger partial charge in [-0.15, -0.1) is 0 Å². The van der Waals surface area contributed by atoms with E-state index >= 15 is 0 Å². The predicted molar refractivity (Wildman–Crippen MR) is 157 cm³/mol. The number of nitrogens with zero attached hydrogens (tertiary/aromatic N) is 4. The number of carbonyl (C=O) groups excluding carboxylic acids is 2. The van der Waals surface area contributed by atoms with Crippen LogP contribution in [0.1, 0.15) is 22.8 Å². The van der Waals surface area contributed by atoms with Crippen LogP contribution >= 0.6 is 0 Å². The fourth-order valence-corrected chi connectivity index (χ4v) is 5.68. The van der Waals surface area contributed by atoms with Gasteiger partial charge < -0.3 is 15.1 Å². The van der Waals surface area contributed by atoms with Gasteiger partial charge in [0.2, 0.25) is 11.9 Å². The Balaban J connectivity index is 1.22. The van der Waals surface area contributed by atoms with Crippen molar-refractivity contribution in [1.29, 1.82) is 0 Å². The largest absolute Gasteiger partial charge is 0.339 e. The third kappa shape index (κ3) is 6.69. The van der Waals surface area contributed by atoms with Crippen molar-refractivity contribution < 1.29 is 18.0 Å². The zero-order chi connectivity index (χ0) is 29.0. The smallest absolute Gasteiger partial charge is 0.261 e. The first-order valence-corrected chi connectivity index (χ1v) is 14.6. The molecule has 0 saturated carbocycles. The van der Waals surface area contributed by atoms with Crippen molar-refractivity contribution in [2.24, 2.45) is 0 Å². The van der Waals surface area contributed by atoms with Gasteiger partial charge in [0.15, 0.2) is 0 Å².